The summed E-state index contributed by atoms with van der Waals surface area (Å²) in [6, 6.07) is 0. The van der Waals surface area contributed by atoms with E-state index in [9.17, 15) is 0 Å². The summed E-state index contributed by atoms with van der Waals surface area (Å²) in [5.41, 5.74) is -0.0963. The van der Waals surface area contributed by atoms with Gasteiger partial charge in [-0.15, -0.1) is 5.10 Å². The second-order valence-corrected chi connectivity index (χ2v) is 6.51. The first kappa shape index (κ1) is 14.1. The molecule has 2 aromatic heterocycles. The van der Waals surface area contributed by atoms with Crippen LogP contribution in [-0.2, 0) is 12.1 Å². The molecule has 0 radical (unpaired) electrons. The van der Waals surface area contributed by atoms with Gasteiger partial charge in [0, 0.05) is 5.92 Å². The lowest BCUT2D eigenvalue weighted by Gasteiger charge is -2.30. The van der Waals surface area contributed by atoms with Crippen molar-refractivity contribution in [2.75, 3.05) is 13.1 Å². The third kappa shape index (κ3) is 3.10. The van der Waals surface area contributed by atoms with Crippen LogP contribution in [0.1, 0.15) is 51.2 Å². The number of hydrogen-bond donors (Lipinski definition) is 0. The number of nitrogens with zero attached hydrogens (tertiary/aromatic N) is 7. The van der Waals surface area contributed by atoms with Crippen LogP contribution in [0.2, 0.25) is 0 Å². The maximum absolute atomic E-state index is 5.16. The largest absolute Gasteiger partial charge is 0.339 e. The molecule has 8 heteroatoms. The molecule has 3 rings (SSSR count). The fourth-order valence-electron chi connectivity index (χ4n) is 2.73. The molecule has 0 unspecified atom stereocenters. The summed E-state index contributed by atoms with van der Waals surface area (Å²) in [7, 11) is 0. The quantitative estimate of drug-likeness (QED) is 0.839. The smallest absolute Gasteiger partial charge is 0.229 e. The molecule has 0 atom stereocenters. The number of tetrazole rings is 1. The van der Waals surface area contributed by atoms with Crippen molar-refractivity contribution < 1.29 is 4.52 Å². The third-order valence-electron chi connectivity index (χ3n) is 3.85. The molecule has 2 aromatic rings. The second kappa shape index (κ2) is 5.51. The first-order chi connectivity index (χ1) is 10.0. The van der Waals surface area contributed by atoms with Crippen molar-refractivity contribution in [1.29, 1.82) is 0 Å². The molecule has 1 aliphatic heterocycles. The summed E-state index contributed by atoms with van der Waals surface area (Å²) in [6.07, 6.45) is 3.53. The summed E-state index contributed by atoms with van der Waals surface area (Å²) in [6.45, 7) is 9.08. The van der Waals surface area contributed by atoms with Gasteiger partial charge in [0.05, 0.1) is 12.1 Å². The Hall–Kier alpha value is -1.83. The first-order valence-corrected chi connectivity index (χ1v) is 7.30. The van der Waals surface area contributed by atoms with Crippen LogP contribution in [0.25, 0.3) is 0 Å². The Kier molecular flexibility index (Phi) is 3.71. The number of piperidine rings is 1. The monoisotopic (exact) mass is 291 g/mol. The predicted octanol–water partition coefficient (Wildman–Crippen LogP) is 1.19. The number of aromatic nitrogens is 6. The lowest BCUT2D eigenvalue weighted by molar-refractivity contribution is 0.177. The van der Waals surface area contributed by atoms with Gasteiger partial charge in [0.15, 0.2) is 12.2 Å². The van der Waals surface area contributed by atoms with Gasteiger partial charge >= 0.3 is 0 Å². The molecule has 1 fully saturated rings. The maximum atomic E-state index is 5.16. The van der Waals surface area contributed by atoms with Gasteiger partial charge in [-0.25, -0.2) is 4.68 Å². The van der Waals surface area contributed by atoms with Crippen molar-refractivity contribution in [2.24, 2.45) is 0 Å². The topological polar surface area (TPSA) is 85.8 Å². The Morgan fingerprint density at radius 2 is 2.05 bits per heavy atom. The normalized spacial score (nSPS) is 18.2. The van der Waals surface area contributed by atoms with E-state index in [0.29, 0.717) is 5.92 Å². The van der Waals surface area contributed by atoms with Gasteiger partial charge in [0.25, 0.3) is 0 Å². The average Bonchev–Trinajstić information content (AvgIpc) is 3.09. The highest BCUT2D eigenvalue weighted by Gasteiger charge is 2.26. The third-order valence-corrected chi connectivity index (χ3v) is 3.85. The Morgan fingerprint density at radius 1 is 1.29 bits per heavy atom. The Bertz CT molecular complexity index is 564. The average molecular weight is 291 g/mol. The minimum absolute atomic E-state index is 0.0963. The van der Waals surface area contributed by atoms with E-state index in [1.807, 2.05) is 4.68 Å². The molecule has 0 bridgehead atoms. The van der Waals surface area contributed by atoms with Crippen molar-refractivity contribution in [1.82, 2.24) is 35.2 Å². The van der Waals surface area contributed by atoms with Crippen molar-refractivity contribution in [3.63, 3.8) is 0 Å². The van der Waals surface area contributed by atoms with E-state index in [1.54, 1.807) is 0 Å². The molecule has 1 saturated heterocycles. The Balaban J connectivity index is 1.60. The van der Waals surface area contributed by atoms with Gasteiger partial charge in [-0.2, -0.15) is 4.98 Å². The summed E-state index contributed by atoms with van der Waals surface area (Å²) in [5.74, 6) is 2.05. The molecule has 0 spiro atoms. The van der Waals surface area contributed by atoms with Crippen molar-refractivity contribution in [2.45, 2.75) is 51.6 Å². The molecule has 21 heavy (non-hydrogen) atoms. The summed E-state index contributed by atoms with van der Waals surface area (Å²) < 4.78 is 7.06. The van der Waals surface area contributed by atoms with Crippen LogP contribution in [0.3, 0.4) is 0 Å². The first-order valence-electron chi connectivity index (χ1n) is 7.30. The van der Waals surface area contributed by atoms with Crippen LogP contribution in [0.4, 0.5) is 0 Å². The van der Waals surface area contributed by atoms with E-state index in [2.05, 4.69) is 51.3 Å². The second-order valence-electron chi connectivity index (χ2n) is 6.51. The summed E-state index contributed by atoms with van der Waals surface area (Å²) in [4.78, 5) is 6.53. The molecule has 0 aromatic carbocycles. The van der Waals surface area contributed by atoms with E-state index in [0.717, 1.165) is 44.2 Å². The van der Waals surface area contributed by atoms with Crippen LogP contribution in [0.5, 0.6) is 0 Å². The molecule has 0 N–H and O–H groups in total. The molecule has 3 heterocycles. The minimum Gasteiger partial charge on any atom is -0.339 e. The molecule has 8 nitrogen and oxygen atoms in total. The molecule has 0 aliphatic carbocycles. The fraction of sp³-hybridized carbons (Fsp3) is 0.769. The van der Waals surface area contributed by atoms with Crippen LogP contribution in [-0.4, -0.2) is 48.3 Å². The number of likely N-dealkylation sites (tertiary alicyclic amines) is 1. The minimum atomic E-state index is -0.0963. The Labute approximate surface area is 123 Å². The van der Waals surface area contributed by atoms with Crippen molar-refractivity contribution >= 4 is 0 Å². The van der Waals surface area contributed by atoms with Gasteiger partial charge < -0.3 is 4.52 Å². The molecular weight excluding hydrogens is 270 g/mol. The van der Waals surface area contributed by atoms with Crippen molar-refractivity contribution in [3.05, 3.63) is 18.0 Å². The maximum Gasteiger partial charge on any atom is 0.229 e. The van der Waals surface area contributed by atoms with Gasteiger partial charge in [0.1, 0.15) is 0 Å². The lowest BCUT2D eigenvalue weighted by Crippen LogP contribution is -2.35. The SMILES string of the molecule is CC(C)(C)n1nnnc1CN1CCC(c2ncno2)CC1. The van der Waals surface area contributed by atoms with Gasteiger partial charge in [0.2, 0.25) is 5.89 Å². The highest BCUT2D eigenvalue weighted by Crippen LogP contribution is 2.27. The zero-order valence-corrected chi connectivity index (χ0v) is 12.7. The Morgan fingerprint density at radius 3 is 2.67 bits per heavy atom. The standard InChI is InChI=1S/C13H21N7O/c1-13(2,3)20-11(16-17-18-20)8-19-6-4-10(5-7-19)12-14-9-15-21-12/h9-10H,4-8H2,1-3H3. The zero-order valence-electron chi connectivity index (χ0n) is 12.7. The summed E-state index contributed by atoms with van der Waals surface area (Å²) >= 11 is 0. The van der Waals surface area contributed by atoms with Gasteiger partial charge in [-0.05, 0) is 57.1 Å². The van der Waals surface area contributed by atoms with Crippen molar-refractivity contribution in [3.8, 4) is 0 Å². The number of hydrogen-bond acceptors (Lipinski definition) is 7. The molecule has 0 saturated carbocycles. The molecule has 114 valence electrons. The summed E-state index contributed by atoms with van der Waals surface area (Å²) in [5, 5.41) is 15.8. The van der Waals surface area contributed by atoms with Crippen LogP contribution < -0.4 is 0 Å². The van der Waals surface area contributed by atoms with E-state index < -0.39 is 0 Å². The zero-order chi connectivity index (χ0) is 14.9. The lowest BCUT2D eigenvalue weighted by atomic mass is 9.97. The van der Waals surface area contributed by atoms with Crippen LogP contribution in [0, 0.1) is 0 Å². The van der Waals surface area contributed by atoms with Crippen LogP contribution >= 0.6 is 0 Å². The fourth-order valence-corrected chi connectivity index (χ4v) is 2.73. The van der Waals surface area contributed by atoms with E-state index in [1.165, 1.54) is 6.33 Å². The van der Waals surface area contributed by atoms with Gasteiger partial charge in [-0.3, -0.25) is 4.90 Å². The van der Waals surface area contributed by atoms with E-state index in [-0.39, 0.29) is 5.54 Å². The van der Waals surface area contributed by atoms with Crippen LogP contribution in [0.15, 0.2) is 10.9 Å². The highest BCUT2D eigenvalue weighted by atomic mass is 16.5. The predicted molar refractivity (Wildman–Crippen MR) is 74.4 cm³/mol. The number of rotatable bonds is 3. The molecule has 0 amide bonds. The van der Waals surface area contributed by atoms with Gasteiger partial charge in [-0.1, -0.05) is 5.16 Å². The van der Waals surface area contributed by atoms with E-state index in [4.69, 9.17) is 4.52 Å². The highest BCUT2D eigenvalue weighted by molar-refractivity contribution is 4.94. The van der Waals surface area contributed by atoms with E-state index >= 15 is 0 Å². The molecule has 1 aliphatic rings. The molecular formula is C13H21N7O.